The molecule has 6 nitrogen and oxygen atoms in total. The number of amides is 1. The zero-order valence-electron chi connectivity index (χ0n) is 17.0. The molecule has 10 heteroatoms. The molecule has 4 rings (SSSR count). The van der Waals surface area contributed by atoms with E-state index in [-0.39, 0.29) is 24.3 Å². The Bertz CT molecular complexity index is 1100. The van der Waals surface area contributed by atoms with Gasteiger partial charge in [0.2, 0.25) is 5.76 Å². The van der Waals surface area contributed by atoms with Gasteiger partial charge in [0.25, 0.3) is 5.91 Å². The predicted octanol–water partition coefficient (Wildman–Crippen LogP) is 4.47. The number of halogens is 4. The summed E-state index contributed by atoms with van der Waals surface area (Å²) >= 11 is 0. The number of piperazine rings is 1. The second-order valence-electron chi connectivity index (χ2n) is 7.18. The quantitative estimate of drug-likeness (QED) is 0.550. The minimum absolute atomic E-state index is 0.156. The van der Waals surface area contributed by atoms with E-state index in [1.54, 1.807) is 7.11 Å². The topological polar surface area (TPSA) is 58.8 Å². The zero-order valence-corrected chi connectivity index (χ0v) is 17.0. The van der Waals surface area contributed by atoms with Crippen LogP contribution in [0.15, 0.2) is 52.9 Å². The molecule has 0 spiro atoms. The van der Waals surface area contributed by atoms with Gasteiger partial charge < -0.3 is 19.0 Å². The van der Waals surface area contributed by atoms with E-state index in [0.29, 0.717) is 18.8 Å². The molecular weight excluding hydrogens is 430 g/mol. The van der Waals surface area contributed by atoms with Crippen LogP contribution in [0, 0.1) is 5.82 Å². The highest BCUT2D eigenvalue weighted by atomic mass is 19.4. The lowest BCUT2D eigenvalue weighted by Gasteiger charge is -2.35. The molecule has 0 aliphatic carbocycles. The predicted molar refractivity (Wildman–Crippen MR) is 108 cm³/mol. The van der Waals surface area contributed by atoms with Crippen molar-refractivity contribution in [1.29, 1.82) is 0 Å². The van der Waals surface area contributed by atoms with Crippen molar-refractivity contribution >= 4 is 11.6 Å². The minimum Gasteiger partial charge on any atom is -0.497 e. The van der Waals surface area contributed by atoms with Crippen molar-refractivity contribution < 1.29 is 31.5 Å². The lowest BCUT2D eigenvalue weighted by atomic mass is 10.1. The lowest BCUT2D eigenvalue weighted by Crippen LogP contribution is -2.48. The molecule has 0 radical (unpaired) electrons. The summed E-state index contributed by atoms with van der Waals surface area (Å²) in [5.74, 6) is -2.59. The molecule has 1 aliphatic heterocycles. The second kappa shape index (κ2) is 8.52. The van der Waals surface area contributed by atoms with Crippen molar-refractivity contribution in [2.45, 2.75) is 6.18 Å². The third-order valence-electron chi connectivity index (χ3n) is 5.17. The van der Waals surface area contributed by atoms with Gasteiger partial charge in [-0.2, -0.15) is 13.2 Å². The largest absolute Gasteiger partial charge is 0.497 e. The Morgan fingerprint density at radius 3 is 2.38 bits per heavy atom. The third kappa shape index (κ3) is 4.39. The Morgan fingerprint density at radius 2 is 1.75 bits per heavy atom. The number of hydrogen-bond acceptors (Lipinski definition) is 5. The molecule has 0 saturated carbocycles. The number of nitrogens with zero attached hydrogens (tertiary/aromatic N) is 3. The van der Waals surface area contributed by atoms with Crippen LogP contribution in [0.4, 0.5) is 23.2 Å². The Labute approximate surface area is 181 Å². The van der Waals surface area contributed by atoms with E-state index >= 15 is 0 Å². The summed E-state index contributed by atoms with van der Waals surface area (Å²) in [4.78, 5) is 20.0. The van der Waals surface area contributed by atoms with Crippen LogP contribution in [0.5, 0.6) is 5.75 Å². The molecule has 168 valence electrons. The number of benzene rings is 2. The highest BCUT2D eigenvalue weighted by Crippen LogP contribution is 2.34. The van der Waals surface area contributed by atoms with Gasteiger partial charge in [0.15, 0.2) is 0 Å². The maximum Gasteiger partial charge on any atom is 0.468 e. The van der Waals surface area contributed by atoms with Gasteiger partial charge in [-0.05, 0) is 36.4 Å². The molecule has 1 saturated heterocycles. The SMILES string of the molecule is COc1cccc(N2CCN(C(=O)c3oc(C(F)(F)F)nc3-c3ccc(F)cc3)CC2)c1. The number of anilines is 1. The van der Waals surface area contributed by atoms with Gasteiger partial charge in [-0.1, -0.05) is 6.07 Å². The molecule has 32 heavy (non-hydrogen) atoms. The average Bonchev–Trinajstić information content (AvgIpc) is 3.25. The highest BCUT2D eigenvalue weighted by molar-refractivity contribution is 5.97. The molecule has 1 aromatic heterocycles. The zero-order chi connectivity index (χ0) is 22.9. The molecule has 0 unspecified atom stereocenters. The molecule has 0 atom stereocenters. The van der Waals surface area contributed by atoms with E-state index in [2.05, 4.69) is 9.88 Å². The smallest absolute Gasteiger partial charge is 0.468 e. The first-order chi connectivity index (χ1) is 15.3. The van der Waals surface area contributed by atoms with Crippen molar-refractivity contribution in [3.8, 4) is 17.0 Å². The number of hydrogen-bond donors (Lipinski definition) is 0. The second-order valence-corrected chi connectivity index (χ2v) is 7.18. The van der Waals surface area contributed by atoms with Gasteiger partial charge in [-0.15, -0.1) is 0 Å². The van der Waals surface area contributed by atoms with Crippen molar-refractivity contribution in [1.82, 2.24) is 9.88 Å². The summed E-state index contributed by atoms with van der Waals surface area (Å²) < 4.78 is 63.0. The number of ether oxygens (including phenoxy) is 1. The first-order valence-electron chi connectivity index (χ1n) is 9.78. The van der Waals surface area contributed by atoms with Crippen LogP contribution in [0.3, 0.4) is 0 Å². The molecule has 0 bridgehead atoms. The maximum atomic E-state index is 13.3. The van der Waals surface area contributed by atoms with Gasteiger partial charge in [0.05, 0.1) is 7.11 Å². The van der Waals surface area contributed by atoms with E-state index in [1.807, 2.05) is 24.3 Å². The van der Waals surface area contributed by atoms with Crippen LogP contribution in [-0.2, 0) is 6.18 Å². The van der Waals surface area contributed by atoms with E-state index in [1.165, 1.54) is 17.0 Å². The lowest BCUT2D eigenvalue weighted by molar-refractivity contribution is -0.157. The summed E-state index contributed by atoms with van der Waals surface area (Å²) in [6, 6.07) is 12.1. The van der Waals surface area contributed by atoms with Gasteiger partial charge in [-0.3, -0.25) is 4.79 Å². The third-order valence-corrected chi connectivity index (χ3v) is 5.17. The average molecular weight is 449 g/mol. The maximum absolute atomic E-state index is 13.3. The Balaban J connectivity index is 1.56. The molecule has 1 amide bonds. The fourth-order valence-corrected chi connectivity index (χ4v) is 3.51. The van der Waals surface area contributed by atoms with E-state index in [0.717, 1.165) is 17.8 Å². The number of carbonyl (C=O) groups is 1. The number of alkyl halides is 3. The van der Waals surface area contributed by atoms with E-state index < -0.39 is 29.6 Å². The van der Waals surface area contributed by atoms with E-state index in [4.69, 9.17) is 9.15 Å². The fraction of sp³-hybridized carbons (Fsp3) is 0.273. The van der Waals surface area contributed by atoms with Crippen LogP contribution in [0.2, 0.25) is 0 Å². The monoisotopic (exact) mass is 449 g/mol. The summed E-state index contributed by atoms with van der Waals surface area (Å²) in [5, 5.41) is 0. The molecule has 1 aliphatic rings. The molecular formula is C22H19F4N3O3. The minimum atomic E-state index is -4.86. The van der Waals surface area contributed by atoms with E-state index in [9.17, 15) is 22.4 Å². The Kier molecular flexibility index (Phi) is 5.77. The van der Waals surface area contributed by atoms with Gasteiger partial charge in [0, 0.05) is 43.5 Å². The van der Waals surface area contributed by atoms with Crippen LogP contribution >= 0.6 is 0 Å². The van der Waals surface area contributed by atoms with Crippen molar-refractivity contribution in [3.05, 3.63) is 66.0 Å². The molecule has 0 N–H and O–H groups in total. The summed E-state index contributed by atoms with van der Waals surface area (Å²) in [6.07, 6.45) is -4.86. The molecule has 2 aromatic carbocycles. The fourth-order valence-electron chi connectivity index (χ4n) is 3.51. The van der Waals surface area contributed by atoms with Crippen molar-refractivity contribution in [2.75, 3.05) is 38.2 Å². The number of oxazole rings is 1. The Morgan fingerprint density at radius 1 is 1.06 bits per heavy atom. The van der Waals surface area contributed by atoms with Gasteiger partial charge >= 0.3 is 12.1 Å². The first-order valence-corrected chi connectivity index (χ1v) is 9.78. The van der Waals surface area contributed by atoms with Gasteiger partial charge in [-0.25, -0.2) is 9.37 Å². The number of aromatic nitrogens is 1. The molecule has 3 aromatic rings. The summed E-state index contributed by atoms with van der Waals surface area (Å²) in [7, 11) is 1.57. The number of carbonyl (C=O) groups excluding carboxylic acids is 1. The standard InChI is InChI=1S/C22H19F4N3O3/c1-31-17-4-2-3-16(13-17)28-9-11-29(12-10-28)20(30)19-18(14-5-7-15(23)8-6-14)27-21(32-19)22(24,25)26/h2-8,13H,9-12H2,1H3. The van der Waals surface area contributed by atoms with Crippen LogP contribution in [0.25, 0.3) is 11.3 Å². The molecule has 1 fully saturated rings. The van der Waals surface area contributed by atoms with Crippen molar-refractivity contribution in [2.24, 2.45) is 0 Å². The normalized spacial score (nSPS) is 14.5. The number of rotatable bonds is 4. The number of methoxy groups -OCH3 is 1. The summed E-state index contributed by atoms with van der Waals surface area (Å²) in [6.45, 7) is 1.51. The van der Waals surface area contributed by atoms with Crippen LogP contribution in [-0.4, -0.2) is 49.1 Å². The van der Waals surface area contributed by atoms with Crippen LogP contribution in [0.1, 0.15) is 16.4 Å². The highest BCUT2D eigenvalue weighted by Gasteiger charge is 2.40. The molecule has 2 heterocycles. The Hall–Kier alpha value is -3.56. The first kappa shape index (κ1) is 21.7. The summed E-state index contributed by atoms with van der Waals surface area (Å²) in [5.41, 5.74) is 0.809. The van der Waals surface area contributed by atoms with Crippen molar-refractivity contribution in [3.63, 3.8) is 0 Å². The van der Waals surface area contributed by atoms with Gasteiger partial charge in [0.1, 0.15) is 17.3 Å². The van der Waals surface area contributed by atoms with Crippen LogP contribution < -0.4 is 9.64 Å².